The van der Waals surface area contributed by atoms with E-state index in [-0.39, 0.29) is 0 Å². The molecule has 21 heavy (non-hydrogen) atoms. The maximum atomic E-state index is 5.31. The summed E-state index contributed by atoms with van der Waals surface area (Å²) in [6.07, 6.45) is 1.82. The molecule has 0 aliphatic carbocycles. The fourth-order valence-electron chi connectivity index (χ4n) is 1.95. The van der Waals surface area contributed by atoms with E-state index in [9.17, 15) is 0 Å². The highest BCUT2D eigenvalue weighted by molar-refractivity contribution is 5.85. The van der Waals surface area contributed by atoms with Gasteiger partial charge in [-0.05, 0) is 54.4 Å². The van der Waals surface area contributed by atoms with Crippen molar-refractivity contribution in [1.82, 2.24) is 0 Å². The molecule has 0 aliphatic heterocycles. The van der Waals surface area contributed by atoms with E-state index in [1.54, 1.807) is 21.3 Å². The summed E-state index contributed by atoms with van der Waals surface area (Å²) < 4.78 is 15.7. The topological polar surface area (TPSA) is 40.0 Å². The SMILES string of the molecule is COc1ccc(N=Cc2cc(OC)c(OC)cc2C)cc1. The maximum Gasteiger partial charge on any atom is 0.161 e. The Morgan fingerprint density at radius 2 is 1.48 bits per heavy atom. The first-order chi connectivity index (χ1) is 10.2. The molecule has 2 aromatic carbocycles. The van der Waals surface area contributed by atoms with Gasteiger partial charge in [0.05, 0.1) is 27.0 Å². The van der Waals surface area contributed by atoms with Gasteiger partial charge in [0, 0.05) is 6.21 Å². The van der Waals surface area contributed by atoms with Gasteiger partial charge in [0.25, 0.3) is 0 Å². The first-order valence-corrected chi connectivity index (χ1v) is 6.58. The Bertz CT molecular complexity index is 633. The van der Waals surface area contributed by atoms with Crippen LogP contribution in [0.4, 0.5) is 5.69 Å². The number of ether oxygens (including phenoxy) is 3. The molecule has 0 N–H and O–H groups in total. The summed E-state index contributed by atoms with van der Waals surface area (Å²) in [5, 5.41) is 0. The van der Waals surface area contributed by atoms with Crippen LogP contribution >= 0.6 is 0 Å². The highest BCUT2D eigenvalue weighted by Gasteiger charge is 2.07. The van der Waals surface area contributed by atoms with Gasteiger partial charge in [-0.3, -0.25) is 4.99 Å². The molecule has 4 heteroatoms. The summed E-state index contributed by atoms with van der Waals surface area (Å²) in [4.78, 5) is 4.47. The number of methoxy groups -OCH3 is 3. The molecule has 0 bridgehead atoms. The van der Waals surface area contributed by atoms with Crippen LogP contribution in [-0.4, -0.2) is 27.5 Å². The fraction of sp³-hybridized carbons (Fsp3) is 0.235. The predicted molar refractivity (Wildman–Crippen MR) is 84.5 cm³/mol. The lowest BCUT2D eigenvalue weighted by molar-refractivity contribution is 0.354. The standard InChI is InChI=1S/C17H19NO3/c1-12-9-16(20-3)17(21-4)10-13(12)11-18-14-5-7-15(19-2)8-6-14/h5-11H,1-4H3. The van der Waals surface area contributed by atoms with Crippen LogP contribution in [0, 0.1) is 6.92 Å². The summed E-state index contributed by atoms with van der Waals surface area (Å²) >= 11 is 0. The van der Waals surface area contributed by atoms with E-state index in [2.05, 4.69) is 4.99 Å². The molecule has 0 fully saturated rings. The molecule has 2 aromatic rings. The molecule has 0 aliphatic rings. The highest BCUT2D eigenvalue weighted by Crippen LogP contribution is 2.29. The van der Waals surface area contributed by atoms with Crippen molar-refractivity contribution in [2.24, 2.45) is 4.99 Å². The normalized spacial score (nSPS) is 10.7. The van der Waals surface area contributed by atoms with Crippen LogP contribution in [0.5, 0.6) is 17.2 Å². The minimum Gasteiger partial charge on any atom is -0.497 e. The summed E-state index contributed by atoms with van der Waals surface area (Å²) in [6.45, 7) is 2.01. The zero-order chi connectivity index (χ0) is 15.2. The average Bonchev–Trinajstić information content (AvgIpc) is 2.53. The molecule has 0 saturated heterocycles. The maximum absolute atomic E-state index is 5.31. The molecule has 110 valence electrons. The third-order valence-electron chi connectivity index (χ3n) is 3.20. The number of nitrogens with zero attached hydrogens (tertiary/aromatic N) is 1. The summed E-state index contributed by atoms with van der Waals surface area (Å²) in [5.41, 5.74) is 2.93. The second-order valence-corrected chi connectivity index (χ2v) is 4.52. The molecule has 0 aromatic heterocycles. The Labute approximate surface area is 125 Å². The van der Waals surface area contributed by atoms with Crippen LogP contribution in [-0.2, 0) is 0 Å². The minimum absolute atomic E-state index is 0.694. The molecular weight excluding hydrogens is 266 g/mol. The van der Waals surface area contributed by atoms with E-state index < -0.39 is 0 Å². The summed E-state index contributed by atoms with van der Waals surface area (Å²) in [6, 6.07) is 11.4. The molecule has 2 rings (SSSR count). The van der Waals surface area contributed by atoms with Crippen LogP contribution < -0.4 is 14.2 Å². The van der Waals surface area contributed by atoms with Gasteiger partial charge in [-0.2, -0.15) is 0 Å². The fourth-order valence-corrected chi connectivity index (χ4v) is 1.95. The Kier molecular flexibility index (Phi) is 4.82. The largest absolute Gasteiger partial charge is 0.497 e. The third kappa shape index (κ3) is 3.54. The lowest BCUT2D eigenvalue weighted by Crippen LogP contribution is -1.95. The minimum atomic E-state index is 0.694. The van der Waals surface area contributed by atoms with Crippen molar-refractivity contribution in [1.29, 1.82) is 0 Å². The van der Waals surface area contributed by atoms with Crippen molar-refractivity contribution >= 4 is 11.9 Å². The summed E-state index contributed by atoms with van der Waals surface area (Å²) in [7, 11) is 4.89. The quantitative estimate of drug-likeness (QED) is 0.785. The summed E-state index contributed by atoms with van der Waals surface area (Å²) in [5.74, 6) is 2.23. The van der Waals surface area contributed by atoms with Gasteiger partial charge < -0.3 is 14.2 Å². The molecule has 0 spiro atoms. The first kappa shape index (κ1) is 14.9. The van der Waals surface area contributed by atoms with Gasteiger partial charge in [0.1, 0.15) is 5.75 Å². The Balaban J connectivity index is 2.27. The smallest absolute Gasteiger partial charge is 0.161 e. The first-order valence-electron chi connectivity index (χ1n) is 6.58. The van der Waals surface area contributed by atoms with E-state index in [1.807, 2.05) is 49.5 Å². The zero-order valence-corrected chi connectivity index (χ0v) is 12.7. The molecular formula is C17H19NO3. The monoisotopic (exact) mass is 285 g/mol. The van der Waals surface area contributed by atoms with E-state index in [0.717, 1.165) is 28.3 Å². The van der Waals surface area contributed by atoms with Gasteiger partial charge in [-0.25, -0.2) is 0 Å². The zero-order valence-electron chi connectivity index (χ0n) is 12.7. The van der Waals surface area contributed by atoms with Gasteiger partial charge >= 0.3 is 0 Å². The van der Waals surface area contributed by atoms with Crippen molar-refractivity contribution in [2.45, 2.75) is 6.92 Å². The molecule has 0 saturated carbocycles. The van der Waals surface area contributed by atoms with Crippen LogP contribution in [0.25, 0.3) is 0 Å². The van der Waals surface area contributed by atoms with E-state index in [4.69, 9.17) is 14.2 Å². The lowest BCUT2D eigenvalue weighted by atomic mass is 10.1. The second-order valence-electron chi connectivity index (χ2n) is 4.52. The van der Waals surface area contributed by atoms with E-state index >= 15 is 0 Å². The van der Waals surface area contributed by atoms with Crippen molar-refractivity contribution in [3.05, 3.63) is 47.5 Å². The van der Waals surface area contributed by atoms with Crippen molar-refractivity contribution in [2.75, 3.05) is 21.3 Å². The molecule has 0 atom stereocenters. The van der Waals surface area contributed by atoms with Crippen LogP contribution in [0.15, 0.2) is 41.4 Å². The lowest BCUT2D eigenvalue weighted by Gasteiger charge is -2.10. The van der Waals surface area contributed by atoms with Gasteiger partial charge in [-0.15, -0.1) is 0 Å². The Hall–Kier alpha value is -2.49. The van der Waals surface area contributed by atoms with Crippen molar-refractivity contribution < 1.29 is 14.2 Å². The van der Waals surface area contributed by atoms with Crippen LogP contribution in [0.1, 0.15) is 11.1 Å². The predicted octanol–water partition coefficient (Wildman–Crippen LogP) is 3.77. The third-order valence-corrected chi connectivity index (χ3v) is 3.20. The molecule has 0 unspecified atom stereocenters. The Morgan fingerprint density at radius 1 is 0.857 bits per heavy atom. The molecule has 0 amide bonds. The highest BCUT2D eigenvalue weighted by atomic mass is 16.5. The van der Waals surface area contributed by atoms with Crippen LogP contribution in [0.3, 0.4) is 0 Å². The van der Waals surface area contributed by atoms with Crippen LogP contribution in [0.2, 0.25) is 0 Å². The van der Waals surface area contributed by atoms with Crippen molar-refractivity contribution in [3.63, 3.8) is 0 Å². The van der Waals surface area contributed by atoms with Crippen molar-refractivity contribution in [3.8, 4) is 17.2 Å². The van der Waals surface area contributed by atoms with Gasteiger partial charge in [-0.1, -0.05) is 0 Å². The number of aliphatic imine (C=N–C) groups is 1. The number of hydrogen-bond acceptors (Lipinski definition) is 4. The second kappa shape index (κ2) is 6.79. The van der Waals surface area contributed by atoms with E-state index in [0.29, 0.717) is 5.75 Å². The van der Waals surface area contributed by atoms with E-state index in [1.165, 1.54) is 0 Å². The number of rotatable bonds is 5. The molecule has 0 radical (unpaired) electrons. The number of aryl methyl sites for hydroxylation is 1. The molecule has 0 heterocycles. The van der Waals surface area contributed by atoms with Gasteiger partial charge in [0.2, 0.25) is 0 Å². The van der Waals surface area contributed by atoms with Gasteiger partial charge in [0.15, 0.2) is 11.5 Å². The Morgan fingerprint density at radius 3 is 2.05 bits per heavy atom. The average molecular weight is 285 g/mol. The number of benzene rings is 2. The number of hydrogen-bond donors (Lipinski definition) is 0. The molecule has 4 nitrogen and oxygen atoms in total.